The highest BCUT2D eigenvalue weighted by Crippen LogP contribution is 2.41. The lowest BCUT2D eigenvalue weighted by molar-refractivity contribution is -0.130. The molecule has 1 unspecified atom stereocenters. The van der Waals surface area contributed by atoms with Gasteiger partial charge in [-0.2, -0.15) is 0 Å². The zero-order valence-corrected chi connectivity index (χ0v) is 15.5. The molecule has 1 aliphatic heterocycles. The maximum atomic E-state index is 13.0. The van der Waals surface area contributed by atoms with Crippen molar-refractivity contribution >= 4 is 11.7 Å². The van der Waals surface area contributed by atoms with Crippen LogP contribution in [0.1, 0.15) is 38.1 Å². The van der Waals surface area contributed by atoms with Crippen molar-refractivity contribution in [3.05, 3.63) is 71.3 Å². The molecule has 1 aromatic carbocycles. The van der Waals surface area contributed by atoms with Gasteiger partial charge in [-0.1, -0.05) is 39.0 Å². The Kier molecular flexibility index (Phi) is 4.74. The first-order valence-corrected chi connectivity index (χ1v) is 8.68. The van der Waals surface area contributed by atoms with E-state index in [0.29, 0.717) is 11.3 Å². The number of benzene rings is 1. The molecule has 1 aliphatic rings. The number of pyridine rings is 1. The van der Waals surface area contributed by atoms with E-state index in [9.17, 15) is 19.8 Å². The zero-order valence-electron chi connectivity index (χ0n) is 15.5. The number of ketones is 1. The molecular weight excluding hydrogens is 344 g/mol. The number of Topliss-reactive ketones (excluding diaryl/α,β-unsaturated/α-hetero) is 1. The lowest BCUT2D eigenvalue weighted by atomic mass is 9.82. The van der Waals surface area contributed by atoms with Gasteiger partial charge >= 0.3 is 0 Å². The average Bonchev–Trinajstić information content (AvgIpc) is 2.87. The molecule has 3 rings (SSSR count). The molecule has 0 bridgehead atoms. The second kappa shape index (κ2) is 6.87. The van der Waals surface area contributed by atoms with Crippen molar-refractivity contribution in [2.45, 2.75) is 33.4 Å². The Morgan fingerprint density at radius 1 is 1.11 bits per heavy atom. The van der Waals surface area contributed by atoms with E-state index >= 15 is 0 Å². The molecule has 1 atom stereocenters. The Morgan fingerprint density at radius 2 is 1.78 bits per heavy atom. The molecule has 6 nitrogen and oxygen atoms in total. The van der Waals surface area contributed by atoms with E-state index in [-0.39, 0.29) is 23.7 Å². The van der Waals surface area contributed by atoms with Crippen LogP contribution in [-0.4, -0.2) is 31.8 Å². The summed E-state index contributed by atoms with van der Waals surface area (Å²) in [5.74, 6) is -1.35. The van der Waals surface area contributed by atoms with E-state index < -0.39 is 23.1 Å². The van der Waals surface area contributed by atoms with Gasteiger partial charge in [-0.25, -0.2) is 0 Å². The van der Waals surface area contributed by atoms with Crippen LogP contribution in [0.5, 0.6) is 5.75 Å². The standard InChI is InChI=1S/C21H22N2O4/c1-21(2,3)19(26)16-17(13-7-9-15(24)10-8-13)23(20(27)18(16)25)12-14-6-4-5-11-22-14/h4-11,17,24-25H,12H2,1-3H3. The lowest BCUT2D eigenvalue weighted by Crippen LogP contribution is -2.32. The second-order valence-corrected chi connectivity index (χ2v) is 7.59. The van der Waals surface area contributed by atoms with Crippen molar-refractivity contribution < 1.29 is 19.8 Å². The molecule has 140 valence electrons. The molecule has 2 aromatic rings. The lowest BCUT2D eigenvalue weighted by Gasteiger charge is -2.28. The molecule has 6 heteroatoms. The maximum Gasteiger partial charge on any atom is 0.290 e. The van der Waals surface area contributed by atoms with E-state index in [4.69, 9.17) is 0 Å². The van der Waals surface area contributed by atoms with Crippen molar-refractivity contribution in [3.63, 3.8) is 0 Å². The first-order valence-electron chi connectivity index (χ1n) is 8.68. The summed E-state index contributed by atoms with van der Waals surface area (Å²) in [7, 11) is 0. The molecule has 0 spiro atoms. The van der Waals surface area contributed by atoms with Gasteiger partial charge in [-0.15, -0.1) is 0 Å². The van der Waals surface area contributed by atoms with Crippen molar-refractivity contribution in [1.82, 2.24) is 9.88 Å². The van der Waals surface area contributed by atoms with Crippen LogP contribution >= 0.6 is 0 Å². The SMILES string of the molecule is CC(C)(C)C(=O)C1=C(O)C(=O)N(Cc2ccccn2)C1c1ccc(O)cc1. The molecular formula is C21H22N2O4. The van der Waals surface area contributed by atoms with E-state index in [2.05, 4.69) is 4.98 Å². The molecule has 1 aromatic heterocycles. The summed E-state index contributed by atoms with van der Waals surface area (Å²) >= 11 is 0. The van der Waals surface area contributed by atoms with Crippen molar-refractivity contribution in [2.75, 3.05) is 0 Å². The first kappa shape index (κ1) is 18.6. The second-order valence-electron chi connectivity index (χ2n) is 7.59. The van der Waals surface area contributed by atoms with E-state index in [1.54, 1.807) is 51.2 Å². The van der Waals surface area contributed by atoms with Crippen molar-refractivity contribution in [3.8, 4) is 5.75 Å². The summed E-state index contributed by atoms with van der Waals surface area (Å²) in [6, 6.07) is 10.9. The molecule has 0 saturated heterocycles. The summed E-state index contributed by atoms with van der Waals surface area (Å²) in [5, 5.41) is 20.1. The van der Waals surface area contributed by atoms with Gasteiger partial charge in [0.05, 0.1) is 23.9 Å². The maximum absolute atomic E-state index is 13.0. The fourth-order valence-electron chi connectivity index (χ4n) is 3.12. The number of hydrogen-bond donors (Lipinski definition) is 2. The fourth-order valence-corrected chi connectivity index (χ4v) is 3.12. The smallest absolute Gasteiger partial charge is 0.290 e. The highest BCUT2D eigenvalue weighted by Gasteiger charge is 2.46. The van der Waals surface area contributed by atoms with Crippen molar-refractivity contribution in [1.29, 1.82) is 0 Å². The van der Waals surface area contributed by atoms with Crippen LogP contribution in [0, 0.1) is 5.41 Å². The van der Waals surface area contributed by atoms with E-state index in [0.717, 1.165) is 0 Å². The predicted octanol–water partition coefficient (Wildman–Crippen LogP) is 3.30. The monoisotopic (exact) mass is 366 g/mol. The van der Waals surface area contributed by atoms with Crippen molar-refractivity contribution in [2.24, 2.45) is 5.41 Å². The van der Waals surface area contributed by atoms with Crippen LogP contribution in [0.3, 0.4) is 0 Å². The summed E-state index contributed by atoms with van der Waals surface area (Å²) in [5.41, 5.74) is 0.592. The predicted molar refractivity (Wildman–Crippen MR) is 99.8 cm³/mol. The molecule has 2 N–H and O–H groups in total. The number of carbonyl (C=O) groups is 2. The first-order chi connectivity index (χ1) is 12.7. The molecule has 0 saturated carbocycles. The number of aromatic hydroxyl groups is 1. The number of amides is 1. The highest BCUT2D eigenvalue weighted by molar-refractivity contribution is 6.10. The largest absolute Gasteiger partial charge is 0.508 e. The minimum Gasteiger partial charge on any atom is -0.508 e. The molecule has 0 radical (unpaired) electrons. The Morgan fingerprint density at radius 3 is 2.33 bits per heavy atom. The minimum absolute atomic E-state index is 0.0779. The number of rotatable bonds is 4. The van der Waals surface area contributed by atoms with Crippen LogP contribution in [0.4, 0.5) is 0 Å². The number of aromatic nitrogens is 1. The quantitative estimate of drug-likeness (QED) is 0.866. The van der Waals surface area contributed by atoms with Crippen LogP contribution in [0.25, 0.3) is 0 Å². The summed E-state index contributed by atoms with van der Waals surface area (Å²) < 4.78 is 0. The number of aliphatic hydroxyl groups is 1. The third-order valence-electron chi connectivity index (χ3n) is 4.50. The fraction of sp³-hybridized carbons (Fsp3) is 0.286. The van der Waals surface area contributed by atoms with Gasteiger partial charge < -0.3 is 15.1 Å². The Balaban J connectivity index is 2.09. The van der Waals surface area contributed by atoms with Crippen LogP contribution in [0.2, 0.25) is 0 Å². The number of nitrogens with zero attached hydrogens (tertiary/aromatic N) is 2. The normalized spacial score (nSPS) is 17.5. The summed E-state index contributed by atoms with van der Waals surface area (Å²) in [6.45, 7) is 5.39. The number of phenolic OH excluding ortho intramolecular Hbond substituents is 1. The molecule has 2 heterocycles. The van der Waals surface area contributed by atoms with Gasteiger partial charge in [0.15, 0.2) is 11.5 Å². The molecule has 1 amide bonds. The van der Waals surface area contributed by atoms with Gasteiger partial charge in [0, 0.05) is 11.6 Å². The highest BCUT2D eigenvalue weighted by atomic mass is 16.3. The Hall–Kier alpha value is -3.15. The van der Waals surface area contributed by atoms with Crippen LogP contribution in [-0.2, 0) is 16.1 Å². The third-order valence-corrected chi connectivity index (χ3v) is 4.50. The minimum atomic E-state index is -0.764. The Labute approximate surface area is 157 Å². The zero-order chi connectivity index (χ0) is 19.8. The average molecular weight is 366 g/mol. The molecule has 0 aliphatic carbocycles. The van der Waals surface area contributed by atoms with Gasteiger partial charge in [0.25, 0.3) is 5.91 Å². The van der Waals surface area contributed by atoms with Gasteiger partial charge in [0.1, 0.15) is 5.75 Å². The van der Waals surface area contributed by atoms with Gasteiger partial charge in [-0.05, 0) is 29.8 Å². The summed E-state index contributed by atoms with van der Waals surface area (Å²) in [4.78, 5) is 31.5. The number of phenols is 1. The van der Waals surface area contributed by atoms with Crippen LogP contribution in [0.15, 0.2) is 60.0 Å². The van der Waals surface area contributed by atoms with E-state index in [1.807, 2.05) is 6.07 Å². The number of carbonyl (C=O) groups excluding carboxylic acids is 2. The topological polar surface area (TPSA) is 90.7 Å². The summed E-state index contributed by atoms with van der Waals surface area (Å²) in [6.07, 6.45) is 1.62. The van der Waals surface area contributed by atoms with Gasteiger partial charge in [0.2, 0.25) is 0 Å². The molecule has 27 heavy (non-hydrogen) atoms. The van der Waals surface area contributed by atoms with E-state index in [1.165, 1.54) is 17.0 Å². The van der Waals surface area contributed by atoms with Gasteiger partial charge in [-0.3, -0.25) is 14.6 Å². The number of hydrogen-bond acceptors (Lipinski definition) is 5. The Bertz CT molecular complexity index is 896. The van der Waals surface area contributed by atoms with Crippen LogP contribution < -0.4 is 0 Å². The number of aliphatic hydroxyl groups excluding tert-OH is 1. The third kappa shape index (κ3) is 3.56. The molecule has 0 fully saturated rings.